The van der Waals surface area contributed by atoms with Gasteiger partial charge in [-0.15, -0.1) is 0 Å². The van der Waals surface area contributed by atoms with Crippen molar-refractivity contribution in [1.82, 2.24) is 10.2 Å². The van der Waals surface area contributed by atoms with Crippen LogP contribution < -0.4 is 5.32 Å². The van der Waals surface area contributed by atoms with Gasteiger partial charge in [-0.25, -0.2) is 8.42 Å². The lowest BCUT2D eigenvalue weighted by atomic mass is 9.60. The molecule has 1 aromatic carbocycles. The molecule has 1 N–H and O–H groups in total. The van der Waals surface area contributed by atoms with Crippen LogP contribution in [0, 0.1) is 11.3 Å². The van der Waals surface area contributed by atoms with Gasteiger partial charge in [0.05, 0.1) is 5.75 Å². The maximum atomic E-state index is 11.2. The molecule has 4 nitrogen and oxygen atoms in total. The molecule has 154 valence electrons. The fourth-order valence-corrected chi connectivity index (χ4v) is 5.95. The average Bonchev–Trinajstić information content (AvgIpc) is 3.34. The molecule has 4 rings (SSSR count). The molecule has 2 saturated carbocycles. The van der Waals surface area contributed by atoms with E-state index in [2.05, 4.69) is 53.5 Å². The third-order valence-corrected chi connectivity index (χ3v) is 7.77. The molecule has 2 atom stereocenters. The van der Waals surface area contributed by atoms with Gasteiger partial charge >= 0.3 is 0 Å². The van der Waals surface area contributed by atoms with Crippen molar-refractivity contribution in [2.45, 2.75) is 51.1 Å². The second kappa shape index (κ2) is 7.92. The summed E-state index contributed by atoms with van der Waals surface area (Å²) in [4.78, 5) is 2.43. The van der Waals surface area contributed by atoms with Gasteiger partial charge in [0.1, 0.15) is 9.84 Å². The van der Waals surface area contributed by atoms with Gasteiger partial charge in [0.15, 0.2) is 0 Å². The maximum absolute atomic E-state index is 11.2. The van der Waals surface area contributed by atoms with Gasteiger partial charge in [0, 0.05) is 31.4 Å². The molecule has 5 heteroatoms. The van der Waals surface area contributed by atoms with E-state index in [1.54, 1.807) is 5.57 Å². The molecule has 1 saturated heterocycles. The number of hydrogen-bond acceptors (Lipinski definition) is 4. The fraction of sp³-hybridized carbons (Fsp3) is 0.652. The Balaban J connectivity index is 1.16. The van der Waals surface area contributed by atoms with Crippen LogP contribution >= 0.6 is 0 Å². The Morgan fingerprint density at radius 3 is 2.61 bits per heavy atom. The first-order valence-corrected chi connectivity index (χ1v) is 12.8. The van der Waals surface area contributed by atoms with E-state index >= 15 is 0 Å². The minimum absolute atomic E-state index is 0.319. The van der Waals surface area contributed by atoms with Crippen molar-refractivity contribution in [2.75, 3.05) is 31.6 Å². The van der Waals surface area contributed by atoms with Crippen LogP contribution in [-0.4, -0.2) is 57.0 Å². The largest absolute Gasteiger partial charge is 0.311 e. The van der Waals surface area contributed by atoms with Crippen LogP contribution in [0.25, 0.3) is 6.08 Å². The predicted octanol–water partition coefficient (Wildman–Crippen LogP) is 3.36. The van der Waals surface area contributed by atoms with E-state index in [1.807, 2.05) is 0 Å². The van der Waals surface area contributed by atoms with Gasteiger partial charge in [-0.2, -0.15) is 0 Å². The first-order chi connectivity index (χ1) is 13.4. The number of hydrogen-bond donors (Lipinski definition) is 1. The molecule has 1 aliphatic heterocycles. The highest BCUT2D eigenvalue weighted by molar-refractivity contribution is 7.90. The highest BCUT2D eigenvalue weighted by atomic mass is 32.2. The van der Waals surface area contributed by atoms with Crippen LogP contribution in [-0.2, 0) is 9.84 Å². The van der Waals surface area contributed by atoms with Gasteiger partial charge < -0.3 is 10.2 Å². The van der Waals surface area contributed by atoms with Crippen molar-refractivity contribution in [1.29, 1.82) is 0 Å². The summed E-state index contributed by atoms with van der Waals surface area (Å²) in [6.07, 6.45) is 9.49. The fourth-order valence-electron chi connectivity index (χ4n) is 5.30. The minimum atomic E-state index is -2.82. The summed E-state index contributed by atoms with van der Waals surface area (Å²) in [5.74, 6) is 1.04. The van der Waals surface area contributed by atoms with E-state index in [9.17, 15) is 8.42 Å². The highest BCUT2D eigenvalue weighted by Crippen LogP contribution is 2.50. The van der Waals surface area contributed by atoms with Gasteiger partial charge in [0.2, 0.25) is 0 Å². The Morgan fingerprint density at radius 2 is 1.96 bits per heavy atom. The van der Waals surface area contributed by atoms with E-state index < -0.39 is 9.84 Å². The number of sulfone groups is 1. The zero-order valence-electron chi connectivity index (χ0n) is 17.2. The number of nitrogens with zero attached hydrogens (tertiary/aromatic N) is 1. The van der Waals surface area contributed by atoms with E-state index in [4.69, 9.17) is 0 Å². The maximum Gasteiger partial charge on any atom is 0.147 e. The molecule has 0 aromatic heterocycles. The lowest BCUT2D eigenvalue weighted by molar-refractivity contribution is -0.0785. The predicted molar refractivity (Wildman–Crippen MR) is 116 cm³/mol. The van der Waals surface area contributed by atoms with Gasteiger partial charge in [-0.3, -0.25) is 0 Å². The Hall–Kier alpha value is -1.17. The summed E-state index contributed by atoms with van der Waals surface area (Å²) in [5, 5.41) is 3.90. The van der Waals surface area contributed by atoms with E-state index in [0.29, 0.717) is 23.3 Å². The van der Waals surface area contributed by atoms with Crippen LogP contribution in [0.3, 0.4) is 0 Å². The molecule has 2 aliphatic carbocycles. The number of benzene rings is 1. The van der Waals surface area contributed by atoms with E-state index in [1.165, 1.54) is 31.1 Å². The Bertz CT molecular complexity index is 804. The molecule has 1 spiro atoms. The molecule has 3 fully saturated rings. The first-order valence-electron chi connectivity index (χ1n) is 10.8. The van der Waals surface area contributed by atoms with Crippen molar-refractivity contribution >= 4 is 15.9 Å². The Labute approximate surface area is 170 Å². The quantitative estimate of drug-likeness (QED) is 0.688. The molecular weight excluding hydrogens is 368 g/mol. The van der Waals surface area contributed by atoms with E-state index in [0.717, 1.165) is 38.4 Å². The smallest absolute Gasteiger partial charge is 0.147 e. The van der Waals surface area contributed by atoms with Crippen molar-refractivity contribution < 1.29 is 8.42 Å². The summed E-state index contributed by atoms with van der Waals surface area (Å²) in [6.45, 7) is 5.53. The third kappa shape index (κ3) is 4.87. The second-order valence-corrected chi connectivity index (χ2v) is 11.7. The molecule has 3 aliphatic rings. The number of nitrogens with one attached hydrogen (secondary N) is 1. The van der Waals surface area contributed by atoms with Crippen LogP contribution in [0.4, 0.5) is 0 Å². The van der Waals surface area contributed by atoms with Crippen LogP contribution in [0.5, 0.6) is 0 Å². The first kappa shape index (κ1) is 20.1. The number of likely N-dealkylation sites (tertiary alicyclic amines) is 1. The minimum Gasteiger partial charge on any atom is -0.311 e. The Morgan fingerprint density at radius 1 is 1.25 bits per heavy atom. The van der Waals surface area contributed by atoms with Crippen molar-refractivity contribution in [2.24, 2.45) is 11.3 Å². The summed E-state index contributed by atoms with van der Waals surface area (Å²) in [6, 6.07) is 12.0. The highest BCUT2D eigenvalue weighted by Gasteiger charge is 2.53. The van der Waals surface area contributed by atoms with Gasteiger partial charge in [-0.05, 0) is 55.5 Å². The van der Waals surface area contributed by atoms with Crippen molar-refractivity contribution in [3.63, 3.8) is 0 Å². The summed E-state index contributed by atoms with van der Waals surface area (Å²) in [7, 11) is -2.82. The summed E-state index contributed by atoms with van der Waals surface area (Å²) < 4.78 is 22.5. The van der Waals surface area contributed by atoms with Gasteiger partial charge in [-0.1, -0.05) is 48.9 Å². The lowest BCUT2D eigenvalue weighted by Crippen LogP contribution is -2.66. The summed E-state index contributed by atoms with van der Waals surface area (Å²) in [5.41, 5.74) is 3.43. The zero-order valence-corrected chi connectivity index (χ0v) is 18.0. The normalized spacial score (nSPS) is 27.4. The second-order valence-electron chi connectivity index (χ2n) is 9.40. The lowest BCUT2D eigenvalue weighted by Gasteiger charge is -2.59. The standard InChI is InChI=1S/C23H34N2O2S/c1-3-19(12-18-8-5-4-6-9-18)21-13-22(21)24-20-14-23(15-20)16-25(17-23)10-7-11-28(2,26)27/h4-6,8-9,12,20-22,24H,3,7,10-11,13-17H2,1-2H3/b19-12+/t21-,22+/m1/s1. The molecule has 0 radical (unpaired) electrons. The topological polar surface area (TPSA) is 49.4 Å². The molecular formula is C23H34N2O2S. The van der Waals surface area contributed by atoms with E-state index in [-0.39, 0.29) is 0 Å². The molecule has 0 bridgehead atoms. The number of rotatable bonds is 9. The molecule has 1 heterocycles. The van der Waals surface area contributed by atoms with Gasteiger partial charge in [0.25, 0.3) is 0 Å². The van der Waals surface area contributed by atoms with Crippen LogP contribution in [0.1, 0.15) is 44.6 Å². The van der Waals surface area contributed by atoms with Crippen molar-refractivity contribution in [3.05, 3.63) is 41.5 Å². The van der Waals surface area contributed by atoms with Crippen molar-refractivity contribution in [3.8, 4) is 0 Å². The summed E-state index contributed by atoms with van der Waals surface area (Å²) >= 11 is 0. The molecule has 0 amide bonds. The third-order valence-electron chi connectivity index (χ3n) is 6.74. The monoisotopic (exact) mass is 402 g/mol. The van der Waals surface area contributed by atoms with Crippen LogP contribution in [0.15, 0.2) is 35.9 Å². The SMILES string of the molecule is CC/C(=C\c1ccccc1)[C@H]1C[C@@H]1NC1CC2(C1)CN(CCCS(C)(=O)=O)C2. The Kier molecular flexibility index (Phi) is 5.69. The molecule has 0 unspecified atom stereocenters. The molecule has 1 aromatic rings. The zero-order chi connectivity index (χ0) is 19.8. The molecule has 28 heavy (non-hydrogen) atoms. The van der Waals surface area contributed by atoms with Crippen LogP contribution in [0.2, 0.25) is 0 Å². The average molecular weight is 403 g/mol.